The fraction of sp³-hybridized carbons (Fsp3) is 0.350. The van der Waals surface area contributed by atoms with Gasteiger partial charge in [0.25, 0.3) is 0 Å². The predicted molar refractivity (Wildman–Crippen MR) is 125 cm³/mol. The van der Waals surface area contributed by atoms with E-state index in [4.69, 9.17) is 4.74 Å². The molecule has 6 nitrogen and oxygen atoms in total. The van der Waals surface area contributed by atoms with Crippen LogP contribution < -0.4 is 15.4 Å². The van der Waals surface area contributed by atoms with E-state index in [1.807, 2.05) is 31.2 Å². The second-order valence-corrected chi connectivity index (χ2v) is 7.99. The van der Waals surface area contributed by atoms with Crippen molar-refractivity contribution in [2.75, 3.05) is 32.5 Å². The van der Waals surface area contributed by atoms with Gasteiger partial charge in [0.05, 0.1) is 24.3 Å². The number of benzene rings is 2. The Balaban J connectivity index is 0.00000392. The summed E-state index contributed by atoms with van der Waals surface area (Å²) in [6, 6.07) is 16.3. The van der Waals surface area contributed by atoms with Gasteiger partial charge in [-0.25, -0.2) is 8.42 Å². The summed E-state index contributed by atoms with van der Waals surface area (Å²) in [6.07, 6.45) is 0.775. The van der Waals surface area contributed by atoms with E-state index < -0.39 is 9.84 Å². The van der Waals surface area contributed by atoms with Crippen LogP contribution >= 0.6 is 24.0 Å². The minimum Gasteiger partial charge on any atom is -0.496 e. The molecule has 2 aromatic carbocycles. The lowest BCUT2D eigenvalue weighted by atomic mass is 10.1. The van der Waals surface area contributed by atoms with Crippen molar-refractivity contribution in [3.05, 3.63) is 60.2 Å². The highest BCUT2D eigenvalue weighted by Crippen LogP contribution is 2.17. The van der Waals surface area contributed by atoms with Crippen molar-refractivity contribution in [2.24, 2.45) is 4.99 Å². The molecule has 0 aromatic heterocycles. The first kappa shape index (κ1) is 24.2. The van der Waals surface area contributed by atoms with Gasteiger partial charge in [0, 0.05) is 13.1 Å². The summed E-state index contributed by atoms with van der Waals surface area (Å²) in [5, 5.41) is 6.37. The van der Waals surface area contributed by atoms with E-state index in [0.29, 0.717) is 23.9 Å². The van der Waals surface area contributed by atoms with Crippen molar-refractivity contribution in [1.82, 2.24) is 10.6 Å². The van der Waals surface area contributed by atoms with Crippen LogP contribution in [-0.2, 0) is 16.3 Å². The summed E-state index contributed by atoms with van der Waals surface area (Å²) in [5.41, 5.74) is 1.11. The third kappa shape index (κ3) is 7.67. The number of sulfone groups is 1. The maximum atomic E-state index is 12.3. The Morgan fingerprint density at radius 2 is 1.71 bits per heavy atom. The summed E-state index contributed by atoms with van der Waals surface area (Å²) < 4.78 is 30.0. The number of para-hydroxylation sites is 1. The standard InChI is InChI=1S/C20H27N3O3S.HI/c1-3-21-20(22-14-13-17-9-7-8-12-19(17)26-2)23-15-16-27(24,25)18-10-5-4-6-11-18;/h4-12H,3,13-16H2,1-2H3,(H2,21,22,23);1H. The molecule has 0 aliphatic carbocycles. The van der Waals surface area contributed by atoms with Crippen LogP contribution in [0.2, 0.25) is 0 Å². The molecule has 0 saturated heterocycles. The van der Waals surface area contributed by atoms with Crippen molar-refractivity contribution in [3.63, 3.8) is 0 Å². The molecule has 0 spiro atoms. The highest BCUT2D eigenvalue weighted by Gasteiger charge is 2.13. The van der Waals surface area contributed by atoms with E-state index in [0.717, 1.165) is 17.7 Å². The molecule has 2 aromatic rings. The van der Waals surface area contributed by atoms with Crippen LogP contribution in [0.25, 0.3) is 0 Å². The van der Waals surface area contributed by atoms with Gasteiger partial charge in [-0.2, -0.15) is 0 Å². The molecule has 0 radical (unpaired) electrons. The Hall–Kier alpha value is -1.81. The van der Waals surface area contributed by atoms with Gasteiger partial charge < -0.3 is 15.4 Å². The van der Waals surface area contributed by atoms with Gasteiger partial charge in [-0.1, -0.05) is 36.4 Å². The fourth-order valence-electron chi connectivity index (χ4n) is 2.59. The van der Waals surface area contributed by atoms with Crippen LogP contribution in [-0.4, -0.2) is 46.9 Å². The summed E-state index contributed by atoms with van der Waals surface area (Å²) >= 11 is 0. The van der Waals surface area contributed by atoms with Crippen molar-refractivity contribution >= 4 is 39.8 Å². The van der Waals surface area contributed by atoms with Gasteiger partial charge in [-0.15, -0.1) is 24.0 Å². The molecule has 0 aliphatic rings. The molecular weight excluding hydrogens is 489 g/mol. The van der Waals surface area contributed by atoms with Crippen molar-refractivity contribution in [3.8, 4) is 5.75 Å². The van der Waals surface area contributed by atoms with Crippen LogP contribution in [0, 0.1) is 0 Å². The van der Waals surface area contributed by atoms with Gasteiger partial charge in [-0.3, -0.25) is 4.99 Å². The number of methoxy groups -OCH3 is 1. The Kier molecular flexibility index (Phi) is 10.9. The van der Waals surface area contributed by atoms with Crippen molar-refractivity contribution < 1.29 is 13.2 Å². The van der Waals surface area contributed by atoms with E-state index in [-0.39, 0.29) is 36.3 Å². The van der Waals surface area contributed by atoms with E-state index in [9.17, 15) is 8.42 Å². The monoisotopic (exact) mass is 517 g/mol. The summed E-state index contributed by atoms with van der Waals surface area (Å²) in [6.45, 7) is 3.53. The number of hydrogen-bond donors (Lipinski definition) is 2. The highest BCUT2D eigenvalue weighted by atomic mass is 127. The molecular formula is C20H28IN3O3S. The zero-order valence-electron chi connectivity index (χ0n) is 16.2. The first-order chi connectivity index (χ1) is 13.1. The number of nitrogens with one attached hydrogen (secondary N) is 2. The molecule has 0 atom stereocenters. The van der Waals surface area contributed by atoms with Crippen LogP contribution in [0.4, 0.5) is 0 Å². The van der Waals surface area contributed by atoms with E-state index in [1.165, 1.54) is 0 Å². The Morgan fingerprint density at radius 3 is 2.39 bits per heavy atom. The summed E-state index contributed by atoms with van der Waals surface area (Å²) in [5.74, 6) is 1.44. The van der Waals surface area contributed by atoms with Crippen molar-refractivity contribution in [2.45, 2.75) is 18.2 Å². The lowest BCUT2D eigenvalue weighted by Gasteiger charge is -2.12. The van der Waals surface area contributed by atoms with Crippen LogP contribution in [0.3, 0.4) is 0 Å². The number of rotatable bonds is 9. The topological polar surface area (TPSA) is 79.8 Å². The van der Waals surface area contributed by atoms with Crippen LogP contribution in [0.1, 0.15) is 12.5 Å². The van der Waals surface area contributed by atoms with Crippen LogP contribution in [0.15, 0.2) is 64.5 Å². The number of nitrogens with zero attached hydrogens (tertiary/aromatic N) is 1. The summed E-state index contributed by atoms with van der Waals surface area (Å²) in [4.78, 5) is 4.71. The molecule has 0 saturated carbocycles. The van der Waals surface area contributed by atoms with Gasteiger partial charge in [0.2, 0.25) is 0 Å². The average Bonchev–Trinajstić information content (AvgIpc) is 2.69. The molecule has 0 bridgehead atoms. The van der Waals surface area contributed by atoms with Gasteiger partial charge in [0.1, 0.15) is 5.75 Å². The van der Waals surface area contributed by atoms with E-state index >= 15 is 0 Å². The van der Waals surface area contributed by atoms with Gasteiger partial charge >= 0.3 is 0 Å². The number of halogens is 1. The molecule has 0 fully saturated rings. The first-order valence-electron chi connectivity index (χ1n) is 8.98. The highest BCUT2D eigenvalue weighted by molar-refractivity contribution is 14.0. The molecule has 2 rings (SSSR count). The molecule has 0 unspecified atom stereocenters. The maximum absolute atomic E-state index is 12.3. The minimum absolute atomic E-state index is 0. The quantitative estimate of drug-likeness (QED) is 0.304. The number of aliphatic imine (C=N–C) groups is 1. The molecule has 2 N–H and O–H groups in total. The minimum atomic E-state index is -3.32. The van der Waals surface area contributed by atoms with Gasteiger partial charge in [0.15, 0.2) is 15.8 Å². The van der Waals surface area contributed by atoms with E-state index in [2.05, 4.69) is 15.6 Å². The second-order valence-electron chi connectivity index (χ2n) is 5.88. The summed E-state index contributed by atoms with van der Waals surface area (Å²) in [7, 11) is -1.66. The van der Waals surface area contributed by atoms with Crippen molar-refractivity contribution in [1.29, 1.82) is 0 Å². The number of guanidine groups is 1. The molecule has 0 amide bonds. The zero-order valence-corrected chi connectivity index (χ0v) is 19.4. The molecule has 0 aliphatic heterocycles. The number of hydrogen-bond acceptors (Lipinski definition) is 4. The first-order valence-corrected chi connectivity index (χ1v) is 10.6. The predicted octanol–water partition coefficient (Wildman–Crippen LogP) is 2.88. The molecule has 28 heavy (non-hydrogen) atoms. The third-order valence-corrected chi connectivity index (χ3v) is 5.67. The normalized spacial score (nSPS) is 11.4. The molecule has 0 heterocycles. The largest absolute Gasteiger partial charge is 0.496 e. The average molecular weight is 517 g/mol. The second kappa shape index (κ2) is 12.6. The molecule has 154 valence electrons. The van der Waals surface area contributed by atoms with Crippen LogP contribution in [0.5, 0.6) is 5.75 Å². The Bertz CT molecular complexity index is 843. The molecule has 8 heteroatoms. The smallest absolute Gasteiger partial charge is 0.191 e. The third-order valence-electron chi connectivity index (χ3n) is 3.96. The fourth-order valence-corrected chi connectivity index (χ4v) is 3.73. The Labute approximate surface area is 184 Å². The van der Waals surface area contributed by atoms with E-state index in [1.54, 1.807) is 37.4 Å². The zero-order chi connectivity index (χ0) is 19.5. The Morgan fingerprint density at radius 1 is 1.04 bits per heavy atom. The van der Waals surface area contributed by atoms with Gasteiger partial charge in [-0.05, 0) is 37.1 Å². The maximum Gasteiger partial charge on any atom is 0.191 e. The number of ether oxygens (including phenoxy) is 1. The lowest BCUT2D eigenvalue weighted by molar-refractivity contribution is 0.409. The SMILES string of the molecule is CCNC(=NCCS(=O)(=O)c1ccccc1)NCCc1ccccc1OC.I. The lowest BCUT2D eigenvalue weighted by Crippen LogP contribution is -2.38.